The van der Waals surface area contributed by atoms with Gasteiger partial charge in [-0.1, -0.05) is 6.07 Å². The number of carbonyl (C=O) groups is 1. The van der Waals surface area contributed by atoms with Gasteiger partial charge >= 0.3 is 0 Å². The summed E-state index contributed by atoms with van der Waals surface area (Å²) in [6.07, 6.45) is 0. The number of phenols is 1. The zero-order chi connectivity index (χ0) is 15.4. The summed E-state index contributed by atoms with van der Waals surface area (Å²) in [5, 5.41) is 12.1. The van der Waals surface area contributed by atoms with Crippen LogP contribution in [0.3, 0.4) is 0 Å². The molecule has 2 N–H and O–H groups in total. The average Bonchev–Trinajstić information content (AvgIpc) is 2.46. The Morgan fingerprint density at radius 2 is 1.95 bits per heavy atom. The molecule has 0 atom stereocenters. The van der Waals surface area contributed by atoms with E-state index in [1.165, 1.54) is 19.2 Å². The number of nitrogens with one attached hydrogen (secondary N) is 1. The number of amides is 1. The number of ether oxygens (including phenoxy) is 2. The van der Waals surface area contributed by atoms with Crippen molar-refractivity contribution in [3.8, 4) is 17.2 Å². The van der Waals surface area contributed by atoms with Crippen LogP contribution in [-0.4, -0.2) is 25.2 Å². The van der Waals surface area contributed by atoms with Gasteiger partial charge in [-0.2, -0.15) is 0 Å². The number of methoxy groups -OCH3 is 2. The number of aromatic hydroxyl groups is 1. The number of rotatable bonds is 4. The van der Waals surface area contributed by atoms with Gasteiger partial charge < -0.3 is 19.9 Å². The molecule has 0 fully saturated rings. The topological polar surface area (TPSA) is 67.8 Å². The van der Waals surface area contributed by atoms with E-state index in [0.717, 1.165) is 3.57 Å². The molecule has 5 nitrogen and oxygen atoms in total. The van der Waals surface area contributed by atoms with Gasteiger partial charge in [0.2, 0.25) is 0 Å². The largest absolute Gasteiger partial charge is 0.508 e. The van der Waals surface area contributed by atoms with Crippen molar-refractivity contribution in [1.29, 1.82) is 0 Å². The van der Waals surface area contributed by atoms with Gasteiger partial charge in [0.1, 0.15) is 5.75 Å². The first kappa shape index (κ1) is 15.4. The van der Waals surface area contributed by atoms with E-state index >= 15 is 0 Å². The molecular formula is C15H14INO4. The Morgan fingerprint density at radius 1 is 1.19 bits per heavy atom. The standard InChI is InChI=1S/C15H14INO4/c1-20-13-7-9(6-12(16)14(13)21-2)15(19)17-10-4-3-5-11(18)8-10/h3-8,18H,1-2H3,(H,17,19). The van der Waals surface area contributed by atoms with Crippen molar-refractivity contribution in [1.82, 2.24) is 0 Å². The predicted molar refractivity (Wildman–Crippen MR) is 88.3 cm³/mol. The maximum absolute atomic E-state index is 12.3. The molecule has 6 heteroatoms. The van der Waals surface area contributed by atoms with Crippen molar-refractivity contribution >= 4 is 34.2 Å². The molecule has 0 saturated heterocycles. The van der Waals surface area contributed by atoms with E-state index in [9.17, 15) is 9.90 Å². The van der Waals surface area contributed by atoms with Crippen LogP contribution < -0.4 is 14.8 Å². The number of hydrogen-bond acceptors (Lipinski definition) is 4. The second-order valence-corrected chi connectivity index (χ2v) is 5.36. The van der Waals surface area contributed by atoms with E-state index in [1.807, 2.05) is 0 Å². The third kappa shape index (κ3) is 3.57. The minimum absolute atomic E-state index is 0.0923. The lowest BCUT2D eigenvalue weighted by atomic mass is 10.2. The first-order valence-electron chi connectivity index (χ1n) is 6.07. The number of phenolic OH excluding ortho intramolecular Hbond substituents is 1. The van der Waals surface area contributed by atoms with Crippen molar-refractivity contribution in [2.45, 2.75) is 0 Å². The quantitative estimate of drug-likeness (QED) is 0.775. The fourth-order valence-electron chi connectivity index (χ4n) is 1.84. The number of anilines is 1. The summed E-state index contributed by atoms with van der Waals surface area (Å²) in [5.41, 5.74) is 0.963. The number of halogens is 1. The summed E-state index contributed by atoms with van der Waals surface area (Å²) in [4.78, 5) is 12.3. The van der Waals surface area contributed by atoms with Gasteiger partial charge in [-0.05, 0) is 46.9 Å². The van der Waals surface area contributed by atoms with Crippen molar-refractivity contribution in [3.63, 3.8) is 0 Å². The van der Waals surface area contributed by atoms with E-state index in [2.05, 4.69) is 27.9 Å². The Bertz CT molecular complexity index is 673. The summed E-state index contributed by atoms with van der Waals surface area (Å²) in [5.74, 6) is 0.881. The van der Waals surface area contributed by atoms with Crippen LogP contribution in [0.5, 0.6) is 17.2 Å². The minimum Gasteiger partial charge on any atom is -0.508 e. The van der Waals surface area contributed by atoms with Crippen molar-refractivity contribution in [2.24, 2.45) is 0 Å². The molecule has 0 heterocycles. The summed E-state index contributed by atoms with van der Waals surface area (Å²) in [6, 6.07) is 9.68. The molecule has 0 bridgehead atoms. The summed E-state index contributed by atoms with van der Waals surface area (Å²) >= 11 is 2.08. The second kappa shape index (κ2) is 6.66. The van der Waals surface area contributed by atoms with Crippen LogP contribution in [0.15, 0.2) is 36.4 Å². The maximum atomic E-state index is 12.3. The first-order chi connectivity index (χ1) is 10.0. The molecule has 0 aliphatic rings. The van der Waals surface area contributed by atoms with Crippen molar-refractivity contribution < 1.29 is 19.4 Å². The van der Waals surface area contributed by atoms with Gasteiger partial charge in [-0.15, -0.1) is 0 Å². The molecule has 2 rings (SSSR count). The SMILES string of the molecule is COc1cc(C(=O)Nc2cccc(O)c2)cc(I)c1OC. The van der Waals surface area contributed by atoms with Crippen molar-refractivity contribution in [2.75, 3.05) is 19.5 Å². The molecule has 21 heavy (non-hydrogen) atoms. The molecule has 0 saturated carbocycles. The highest BCUT2D eigenvalue weighted by molar-refractivity contribution is 14.1. The third-order valence-corrected chi connectivity index (χ3v) is 3.60. The molecule has 0 aromatic heterocycles. The Kier molecular flexibility index (Phi) is 4.89. The van der Waals surface area contributed by atoms with E-state index in [0.29, 0.717) is 22.7 Å². The molecule has 0 aliphatic heterocycles. The Morgan fingerprint density at radius 3 is 2.57 bits per heavy atom. The Labute approximate surface area is 136 Å². The zero-order valence-electron chi connectivity index (χ0n) is 11.5. The summed E-state index contributed by atoms with van der Waals surface area (Å²) in [7, 11) is 3.07. The van der Waals surface area contributed by atoms with E-state index in [-0.39, 0.29) is 11.7 Å². The molecule has 0 radical (unpaired) electrons. The van der Waals surface area contributed by atoms with Crippen LogP contribution in [0.25, 0.3) is 0 Å². The lowest BCUT2D eigenvalue weighted by Gasteiger charge is -2.12. The first-order valence-corrected chi connectivity index (χ1v) is 7.15. The number of benzene rings is 2. The predicted octanol–water partition coefficient (Wildman–Crippen LogP) is 3.27. The van der Waals surface area contributed by atoms with Gasteiger partial charge in [0.25, 0.3) is 5.91 Å². The highest BCUT2D eigenvalue weighted by Crippen LogP contribution is 2.33. The van der Waals surface area contributed by atoms with Crippen LogP contribution in [0, 0.1) is 3.57 Å². The lowest BCUT2D eigenvalue weighted by molar-refractivity contribution is 0.102. The third-order valence-electron chi connectivity index (χ3n) is 2.80. The fraction of sp³-hybridized carbons (Fsp3) is 0.133. The van der Waals surface area contributed by atoms with Gasteiger partial charge in [-0.25, -0.2) is 0 Å². The number of carbonyl (C=O) groups excluding carboxylic acids is 1. The van der Waals surface area contributed by atoms with Crippen LogP contribution in [0.4, 0.5) is 5.69 Å². The van der Waals surface area contributed by atoms with E-state index in [4.69, 9.17) is 9.47 Å². The molecule has 1 amide bonds. The summed E-state index contributed by atoms with van der Waals surface area (Å²) < 4.78 is 11.2. The molecule has 2 aromatic carbocycles. The Balaban J connectivity index is 2.29. The molecule has 0 aliphatic carbocycles. The van der Waals surface area contributed by atoms with Crippen LogP contribution in [0.1, 0.15) is 10.4 Å². The highest BCUT2D eigenvalue weighted by atomic mass is 127. The average molecular weight is 399 g/mol. The normalized spacial score (nSPS) is 10.0. The zero-order valence-corrected chi connectivity index (χ0v) is 13.7. The van der Waals surface area contributed by atoms with Gasteiger partial charge in [0, 0.05) is 17.3 Å². The minimum atomic E-state index is -0.292. The molecule has 0 spiro atoms. The Hall–Kier alpha value is -1.96. The van der Waals surface area contributed by atoms with Crippen LogP contribution >= 0.6 is 22.6 Å². The molecular weight excluding hydrogens is 385 g/mol. The molecule has 2 aromatic rings. The second-order valence-electron chi connectivity index (χ2n) is 4.20. The van der Waals surface area contributed by atoms with E-state index in [1.54, 1.807) is 31.4 Å². The fourth-order valence-corrected chi connectivity index (χ4v) is 2.66. The van der Waals surface area contributed by atoms with Gasteiger partial charge in [-0.3, -0.25) is 4.79 Å². The van der Waals surface area contributed by atoms with Gasteiger partial charge in [0.05, 0.1) is 17.8 Å². The lowest BCUT2D eigenvalue weighted by Crippen LogP contribution is -2.12. The monoisotopic (exact) mass is 399 g/mol. The van der Waals surface area contributed by atoms with Gasteiger partial charge in [0.15, 0.2) is 11.5 Å². The number of hydrogen-bond donors (Lipinski definition) is 2. The highest BCUT2D eigenvalue weighted by Gasteiger charge is 2.15. The van der Waals surface area contributed by atoms with Crippen LogP contribution in [0.2, 0.25) is 0 Å². The molecule has 0 unspecified atom stereocenters. The van der Waals surface area contributed by atoms with Crippen molar-refractivity contribution in [3.05, 3.63) is 45.5 Å². The molecule has 110 valence electrons. The summed E-state index contributed by atoms with van der Waals surface area (Å²) in [6.45, 7) is 0. The smallest absolute Gasteiger partial charge is 0.255 e. The maximum Gasteiger partial charge on any atom is 0.255 e. The van der Waals surface area contributed by atoms with E-state index < -0.39 is 0 Å². The van der Waals surface area contributed by atoms with Crippen LogP contribution in [-0.2, 0) is 0 Å².